The molecular formula is C21H34N4O5S2. The van der Waals surface area contributed by atoms with Gasteiger partial charge in [0.1, 0.15) is 0 Å². The number of rotatable bonds is 8. The van der Waals surface area contributed by atoms with Gasteiger partial charge in [0.15, 0.2) is 0 Å². The molecule has 0 bridgehead atoms. The summed E-state index contributed by atoms with van der Waals surface area (Å²) in [6.45, 7) is 6.67. The van der Waals surface area contributed by atoms with Crippen molar-refractivity contribution >= 4 is 37.3 Å². The quantitative estimate of drug-likeness (QED) is 0.602. The molecule has 2 saturated heterocycles. The number of nitrogens with one attached hydrogen (secondary N) is 1. The van der Waals surface area contributed by atoms with E-state index in [0.717, 1.165) is 31.6 Å². The van der Waals surface area contributed by atoms with E-state index in [0.29, 0.717) is 44.7 Å². The Balaban J connectivity index is 1.85. The molecule has 0 spiro atoms. The molecule has 1 aromatic rings. The fourth-order valence-electron chi connectivity index (χ4n) is 4.41. The van der Waals surface area contributed by atoms with Crippen molar-refractivity contribution in [1.29, 1.82) is 0 Å². The van der Waals surface area contributed by atoms with E-state index in [1.54, 1.807) is 32.0 Å². The summed E-state index contributed by atoms with van der Waals surface area (Å²) in [4.78, 5) is 15.4. The number of sulfonamides is 2. The topological polar surface area (TPSA) is 107 Å². The van der Waals surface area contributed by atoms with E-state index < -0.39 is 20.0 Å². The molecule has 0 aromatic heterocycles. The fraction of sp³-hybridized carbons (Fsp3) is 0.667. The third kappa shape index (κ3) is 5.44. The predicted molar refractivity (Wildman–Crippen MR) is 126 cm³/mol. The lowest BCUT2D eigenvalue weighted by molar-refractivity contribution is -0.120. The average molecular weight is 487 g/mol. The van der Waals surface area contributed by atoms with Crippen molar-refractivity contribution in [2.24, 2.45) is 5.92 Å². The Kier molecular flexibility index (Phi) is 7.85. The number of nitrogens with zero attached hydrogens (tertiary/aromatic N) is 3. The van der Waals surface area contributed by atoms with Crippen LogP contribution >= 0.6 is 0 Å². The summed E-state index contributed by atoms with van der Waals surface area (Å²) >= 11 is 0. The summed E-state index contributed by atoms with van der Waals surface area (Å²) in [6.07, 6.45) is 4.16. The van der Waals surface area contributed by atoms with Crippen molar-refractivity contribution in [3.8, 4) is 0 Å². The minimum Gasteiger partial charge on any atom is -0.370 e. The summed E-state index contributed by atoms with van der Waals surface area (Å²) in [5.41, 5.74) is 1.32. The Morgan fingerprint density at radius 1 is 1.03 bits per heavy atom. The highest BCUT2D eigenvalue weighted by Crippen LogP contribution is 2.33. The minimum absolute atomic E-state index is 0.159. The Morgan fingerprint density at radius 3 is 2.16 bits per heavy atom. The highest BCUT2D eigenvalue weighted by molar-refractivity contribution is 7.89. The van der Waals surface area contributed by atoms with Crippen LogP contribution in [0.15, 0.2) is 23.1 Å². The highest BCUT2D eigenvalue weighted by Gasteiger charge is 2.30. The van der Waals surface area contributed by atoms with Crippen LogP contribution in [0.5, 0.6) is 0 Å². The van der Waals surface area contributed by atoms with Crippen LogP contribution in [0.3, 0.4) is 0 Å². The number of piperidine rings is 1. The van der Waals surface area contributed by atoms with Crippen LogP contribution in [0.2, 0.25) is 0 Å². The molecule has 2 aliphatic heterocycles. The monoisotopic (exact) mass is 486 g/mol. The van der Waals surface area contributed by atoms with Crippen molar-refractivity contribution < 1.29 is 21.6 Å². The molecule has 11 heteroatoms. The van der Waals surface area contributed by atoms with Crippen LogP contribution in [0.25, 0.3) is 0 Å². The van der Waals surface area contributed by atoms with Gasteiger partial charge in [-0.05, 0) is 43.9 Å². The van der Waals surface area contributed by atoms with E-state index in [2.05, 4.69) is 10.2 Å². The summed E-state index contributed by atoms with van der Waals surface area (Å²) in [5.74, 6) is -0.515. The standard InChI is InChI=1S/C21H34N4O5S2/c1-4-24(5-2)32(29,30)18-8-9-20(23-12-6-7-13-23)19(16-18)22-21(26)17-10-14-25(15-11-17)31(3,27)28/h8-9,16-17H,4-7,10-15H2,1-3H3,(H,22,26). The third-order valence-corrected chi connectivity index (χ3v) is 9.66. The lowest BCUT2D eigenvalue weighted by atomic mass is 9.97. The van der Waals surface area contributed by atoms with Gasteiger partial charge < -0.3 is 10.2 Å². The molecule has 1 N–H and O–H groups in total. The first-order chi connectivity index (χ1) is 15.1. The molecule has 0 aliphatic carbocycles. The second-order valence-corrected chi connectivity index (χ2v) is 12.3. The molecule has 2 fully saturated rings. The van der Waals surface area contributed by atoms with Gasteiger partial charge >= 0.3 is 0 Å². The van der Waals surface area contributed by atoms with Crippen molar-refractivity contribution in [3.63, 3.8) is 0 Å². The Bertz CT molecular complexity index is 1020. The normalized spacial score (nSPS) is 18.9. The second kappa shape index (κ2) is 10.1. The van der Waals surface area contributed by atoms with Gasteiger partial charge in [0, 0.05) is 45.2 Å². The van der Waals surface area contributed by atoms with Gasteiger partial charge in [0.25, 0.3) is 0 Å². The molecule has 0 unspecified atom stereocenters. The molecule has 180 valence electrons. The molecule has 0 radical (unpaired) electrons. The molecular weight excluding hydrogens is 452 g/mol. The average Bonchev–Trinajstić information content (AvgIpc) is 3.28. The van der Waals surface area contributed by atoms with Gasteiger partial charge in [0.05, 0.1) is 22.5 Å². The fourth-order valence-corrected chi connectivity index (χ4v) is 6.77. The van der Waals surface area contributed by atoms with Gasteiger partial charge in [-0.2, -0.15) is 4.31 Å². The molecule has 9 nitrogen and oxygen atoms in total. The number of anilines is 2. The molecule has 0 saturated carbocycles. The zero-order valence-corrected chi connectivity index (χ0v) is 20.7. The lowest BCUT2D eigenvalue weighted by Crippen LogP contribution is -2.41. The maximum atomic E-state index is 13.0. The van der Waals surface area contributed by atoms with Crippen LogP contribution in [0.4, 0.5) is 11.4 Å². The van der Waals surface area contributed by atoms with E-state index >= 15 is 0 Å². The molecule has 3 rings (SSSR count). The van der Waals surface area contributed by atoms with Gasteiger partial charge in [-0.3, -0.25) is 4.79 Å². The Hall–Kier alpha value is -1.69. The van der Waals surface area contributed by atoms with Crippen LogP contribution in [-0.4, -0.2) is 76.9 Å². The molecule has 1 amide bonds. The molecule has 0 atom stereocenters. The largest absolute Gasteiger partial charge is 0.370 e. The van der Waals surface area contributed by atoms with Gasteiger partial charge in [-0.25, -0.2) is 21.1 Å². The van der Waals surface area contributed by atoms with Crippen LogP contribution < -0.4 is 10.2 Å². The van der Waals surface area contributed by atoms with E-state index in [9.17, 15) is 21.6 Å². The van der Waals surface area contributed by atoms with E-state index in [4.69, 9.17) is 0 Å². The maximum absolute atomic E-state index is 13.0. The van der Waals surface area contributed by atoms with Crippen LogP contribution in [0, 0.1) is 5.92 Å². The third-order valence-electron chi connectivity index (χ3n) is 6.31. The van der Waals surface area contributed by atoms with Crippen molar-refractivity contribution in [1.82, 2.24) is 8.61 Å². The summed E-state index contributed by atoms with van der Waals surface area (Å²) in [7, 11) is -6.92. The van der Waals surface area contributed by atoms with Crippen molar-refractivity contribution in [2.75, 3.05) is 55.7 Å². The number of amides is 1. The first-order valence-electron chi connectivity index (χ1n) is 11.2. The SMILES string of the molecule is CCN(CC)S(=O)(=O)c1ccc(N2CCCC2)c(NC(=O)C2CCN(S(C)(=O)=O)CC2)c1. The molecule has 1 aromatic carbocycles. The zero-order valence-electron chi connectivity index (χ0n) is 19.1. The molecule has 32 heavy (non-hydrogen) atoms. The maximum Gasteiger partial charge on any atom is 0.243 e. The summed E-state index contributed by atoms with van der Waals surface area (Å²) in [6, 6.07) is 4.95. The summed E-state index contributed by atoms with van der Waals surface area (Å²) in [5, 5.41) is 2.97. The molecule has 2 heterocycles. The number of hydrogen-bond acceptors (Lipinski definition) is 6. The van der Waals surface area contributed by atoms with Gasteiger partial charge in [-0.15, -0.1) is 0 Å². The smallest absolute Gasteiger partial charge is 0.243 e. The number of benzene rings is 1. The zero-order chi connectivity index (χ0) is 23.5. The second-order valence-electron chi connectivity index (χ2n) is 8.39. The highest BCUT2D eigenvalue weighted by atomic mass is 32.2. The number of carbonyl (C=O) groups excluding carboxylic acids is 1. The van der Waals surface area contributed by atoms with Crippen molar-refractivity contribution in [3.05, 3.63) is 18.2 Å². The first-order valence-corrected chi connectivity index (χ1v) is 14.5. The number of carbonyl (C=O) groups is 1. The van der Waals surface area contributed by atoms with Crippen LogP contribution in [0.1, 0.15) is 39.5 Å². The Morgan fingerprint density at radius 2 is 1.62 bits per heavy atom. The van der Waals surface area contributed by atoms with Gasteiger partial charge in [0.2, 0.25) is 26.0 Å². The minimum atomic E-state index is -3.66. The van der Waals surface area contributed by atoms with E-state index in [1.165, 1.54) is 14.9 Å². The first kappa shape index (κ1) is 24.9. The predicted octanol–water partition coefficient (Wildman–Crippen LogP) is 1.93. The van der Waals surface area contributed by atoms with Crippen molar-refractivity contribution in [2.45, 2.75) is 44.4 Å². The van der Waals surface area contributed by atoms with E-state index in [-0.39, 0.29) is 16.7 Å². The Labute approximate surface area is 191 Å². The number of hydrogen-bond donors (Lipinski definition) is 1. The summed E-state index contributed by atoms with van der Waals surface area (Å²) < 4.78 is 52.3. The lowest BCUT2D eigenvalue weighted by Gasteiger charge is -2.30. The van der Waals surface area contributed by atoms with Gasteiger partial charge in [-0.1, -0.05) is 13.8 Å². The molecule has 2 aliphatic rings. The van der Waals surface area contributed by atoms with Crippen LogP contribution in [-0.2, 0) is 24.8 Å². The van der Waals surface area contributed by atoms with E-state index in [1.807, 2.05) is 0 Å².